The van der Waals surface area contributed by atoms with E-state index in [0.29, 0.717) is 13.0 Å². The third kappa shape index (κ3) is 2.23. The molecule has 68 valence electrons. The van der Waals surface area contributed by atoms with E-state index in [0.717, 1.165) is 0 Å². The average molecular weight is 180 g/mol. The minimum atomic E-state index is -0.344. The summed E-state index contributed by atoms with van der Waals surface area (Å²) < 4.78 is 0. The smallest absolute Gasteiger partial charge is 0.295 e. The lowest BCUT2D eigenvalue weighted by Gasteiger charge is -2.11. The maximum atomic E-state index is 11.3. The van der Waals surface area contributed by atoms with Crippen molar-refractivity contribution in [3.8, 4) is 6.07 Å². The molecule has 0 saturated carbocycles. The summed E-state index contributed by atoms with van der Waals surface area (Å²) in [4.78, 5) is 12.7. The topological polar surface area (TPSA) is 98.6 Å². The summed E-state index contributed by atoms with van der Waals surface area (Å²) in [5, 5.41) is 20.8. The Morgan fingerprint density at radius 2 is 2.54 bits per heavy atom. The molecule has 0 aliphatic carbocycles. The van der Waals surface area contributed by atoms with Crippen LogP contribution < -0.4 is 0 Å². The van der Waals surface area contributed by atoms with Crippen molar-refractivity contribution < 1.29 is 4.79 Å². The summed E-state index contributed by atoms with van der Waals surface area (Å²) in [5.74, 6) is -0.329. The number of carbonyl (C=O) groups is 1. The summed E-state index contributed by atoms with van der Waals surface area (Å²) in [6.45, 7) is 0.365. The van der Waals surface area contributed by atoms with Crippen LogP contribution in [0, 0.1) is 11.3 Å². The number of H-pyrrole nitrogens is 1. The third-order valence-corrected chi connectivity index (χ3v) is 1.44. The Labute approximate surface area is 74.3 Å². The SMILES string of the molecule is CN(CCC#N)C(=O)c1nn[nH]n1. The van der Waals surface area contributed by atoms with Crippen molar-refractivity contribution >= 4 is 5.91 Å². The number of aromatic amines is 1. The van der Waals surface area contributed by atoms with Crippen molar-refractivity contribution in [2.45, 2.75) is 6.42 Å². The van der Waals surface area contributed by atoms with E-state index < -0.39 is 0 Å². The third-order valence-electron chi connectivity index (χ3n) is 1.44. The van der Waals surface area contributed by atoms with E-state index in [4.69, 9.17) is 5.26 Å². The van der Waals surface area contributed by atoms with Gasteiger partial charge < -0.3 is 4.90 Å². The van der Waals surface area contributed by atoms with Crippen LogP contribution >= 0.6 is 0 Å². The molecule has 1 amide bonds. The van der Waals surface area contributed by atoms with E-state index >= 15 is 0 Å². The molecule has 0 radical (unpaired) electrons. The maximum Gasteiger partial charge on any atom is 0.295 e. The quantitative estimate of drug-likeness (QED) is 0.655. The van der Waals surface area contributed by atoms with Crippen LogP contribution in [-0.2, 0) is 0 Å². The van der Waals surface area contributed by atoms with Crippen LogP contribution in [0.4, 0.5) is 0 Å². The molecule has 0 aliphatic heterocycles. The van der Waals surface area contributed by atoms with Crippen LogP contribution in [0.3, 0.4) is 0 Å². The highest BCUT2D eigenvalue weighted by Crippen LogP contribution is 1.94. The molecule has 1 rings (SSSR count). The predicted molar refractivity (Wildman–Crippen MR) is 41.4 cm³/mol. The fourth-order valence-corrected chi connectivity index (χ4v) is 0.742. The summed E-state index contributed by atoms with van der Waals surface area (Å²) in [6.07, 6.45) is 0.292. The van der Waals surface area contributed by atoms with Crippen molar-refractivity contribution in [1.82, 2.24) is 25.5 Å². The molecule has 1 heterocycles. The normalized spacial score (nSPS) is 9.23. The van der Waals surface area contributed by atoms with Crippen molar-refractivity contribution in [3.63, 3.8) is 0 Å². The number of tetrazole rings is 1. The van der Waals surface area contributed by atoms with Gasteiger partial charge in [-0.2, -0.15) is 10.5 Å². The summed E-state index contributed by atoms with van der Waals surface area (Å²) in [6, 6.07) is 1.94. The van der Waals surface area contributed by atoms with Crippen molar-refractivity contribution in [1.29, 1.82) is 5.26 Å². The van der Waals surface area contributed by atoms with Crippen molar-refractivity contribution in [2.24, 2.45) is 0 Å². The molecular weight excluding hydrogens is 172 g/mol. The fourth-order valence-electron chi connectivity index (χ4n) is 0.742. The first kappa shape index (κ1) is 9.12. The fraction of sp³-hybridized carbons (Fsp3) is 0.500. The summed E-state index contributed by atoms with van der Waals surface area (Å²) >= 11 is 0. The van der Waals surface area contributed by atoms with Gasteiger partial charge in [-0.05, 0) is 5.21 Å². The van der Waals surface area contributed by atoms with Gasteiger partial charge in [-0.1, -0.05) is 0 Å². The predicted octanol–water partition coefficient (Wildman–Crippen LogP) is -0.815. The second kappa shape index (κ2) is 4.15. The lowest BCUT2D eigenvalue weighted by atomic mass is 10.4. The van der Waals surface area contributed by atoms with Gasteiger partial charge in [0.25, 0.3) is 11.7 Å². The highest BCUT2D eigenvalue weighted by Gasteiger charge is 2.15. The molecule has 1 N–H and O–H groups in total. The van der Waals surface area contributed by atoms with E-state index in [-0.39, 0.29) is 11.7 Å². The number of carbonyl (C=O) groups excluding carboxylic acids is 1. The first-order valence-corrected chi connectivity index (χ1v) is 3.61. The summed E-state index contributed by atoms with van der Waals surface area (Å²) in [7, 11) is 1.58. The van der Waals surface area contributed by atoms with Gasteiger partial charge in [0.15, 0.2) is 0 Å². The molecule has 0 aromatic carbocycles. The molecule has 0 aliphatic rings. The molecule has 7 heteroatoms. The maximum absolute atomic E-state index is 11.3. The van der Waals surface area contributed by atoms with Gasteiger partial charge in [0.05, 0.1) is 12.5 Å². The minimum Gasteiger partial charge on any atom is -0.338 e. The Morgan fingerprint density at radius 3 is 3.08 bits per heavy atom. The number of amides is 1. The molecule has 0 unspecified atom stereocenters. The Kier molecular flexibility index (Phi) is 2.92. The zero-order valence-corrected chi connectivity index (χ0v) is 7.06. The number of aromatic nitrogens is 4. The Morgan fingerprint density at radius 1 is 1.77 bits per heavy atom. The molecule has 0 bridgehead atoms. The highest BCUT2D eigenvalue weighted by atomic mass is 16.2. The van der Waals surface area contributed by atoms with E-state index in [1.807, 2.05) is 6.07 Å². The standard InChI is InChI=1S/C6H8N6O/c1-12(4-2-3-7)6(13)5-8-10-11-9-5/h2,4H2,1H3,(H,8,9,10,11). The lowest BCUT2D eigenvalue weighted by Crippen LogP contribution is -2.28. The van der Waals surface area contributed by atoms with Crippen molar-refractivity contribution in [2.75, 3.05) is 13.6 Å². The summed E-state index contributed by atoms with van der Waals surface area (Å²) in [5.41, 5.74) is 0. The monoisotopic (exact) mass is 180 g/mol. The first-order chi connectivity index (χ1) is 6.25. The molecular formula is C6H8N6O. The second-order valence-electron chi connectivity index (χ2n) is 2.37. The molecule has 0 saturated heterocycles. The van der Waals surface area contributed by atoms with E-state index in [2.05, 4.69) is 20.6 Å². The largest absolute Gasteiger partial charge is 0.338 e. The lowest BCUT2D eigenvalue weighted by molar-refractivity contribution is 0.0786. The Bertz CT molecular complexity index is 312. The number of hydrogen-bond donors (Lipinski definition) is 1. The average Bonchev–Trinajstić information content (AvgIpc) is 2.65. The van der Waals surface area contributed by atoms with E-state index in [9.17, 15) is 4.79 Å². The van der Waals surface area contributed by atoms with Gasteiger partial charge in [-0.25, -0.2) is 0 Å². The number of nitriles is 1. The van der Waals surface area contributed by atoms with Gasteiger partial charge in [0.1, 0.15) is 0 Å². The zero-order valence-electron chi connectivity index (χ0n) is 7.06. The van der Waals surface area contributed by atoms with Crippen LogP contribution in [0.25, 0.3) is 0 Å². The van der Waals surface area contributed by atoms with Crippen LogP contribution in [0.15, 0.2) is 0 Å². The number of rotatable bonds is 3. The van der Waals surface area contributed by atoms with E-state index in [1.54, 1.807) is 7.05 Å². The number of nitrogens with zero attached hydrogens (tertiary/aromatic N) is 5. The van der Waals surface area contributed by atoms with Crippen LogP contribution in [-0.4, -0.2) is 45.0 Å². The van der Waals surface area contributed by atoms with Gasteiger partial charge >= 0.3 is 0 Å². The zero-order chi connectivity index (χ0) is 9.68. The van der Waals surface area contributed by atoms with Gasteiger partial charge in [-0.15, -0.1) is 10.2 Å². The molecule has 7 nitrogen and oxygen atoms in total. The van der Waals surface area contributed by atoms with Crippen molar-refractivity contribution in [3.05, 3.63) is 5.82 Å². The van der Waals surface area contributed by atoms with Crippen LogP contribution in [0.2, 0.25) is 0 Å². The molecule has 1 aromatic rings. The minimum absolute atomic E-state index is 0.0143. The van der Waals surface area contributed by atoms with Crippen LogP contribution in [0.1, 0.15) is 17.0 Å². The number of nitrogens with one attached hydrogen (secondary N) is 1. The highest BCUT2D eigenvalue weighted by molar-refractivity contribution is 5.89. The molecule has 0 atom stereocenters. The first-order valence-electron chi connectivity index (χ1n) is 3.61. The second-order valence-corrected chi connectivity index (χ2v) is 2.37. The molecule has 0 fully saturated rings. The Balaban J connectivity index is 2.54. The Hall–Kier alpha value is -1.97. The van der Waals surface area contributed by atoms with Crippen LogP contribution in [0.5, 0.6) is 0 Å². The van der Waals surface area contributed by atoms with Gasteiger partial charge in [0, 0.05) is 13.6 Å². The van der Waals surface area contributed by atoms with Gasteiger partial charge in [0.2, 0.25) is 0 Å². The number of hydrogen-bond acceptors (Lipinski definition) is 5. The van der Waals surface area contributed by atoms with E-state index in [1.165, 1.54) is 4.90 Å². The van der Waals surface area contributed by atoms with Gasteiger partial charge in [-0.3, -0.25) is 4.79 Å². The molecule has 0 spiro atoms. The molecule has 1 aromatic heterocycles. The molecule has 13 heavy (non-hydrogen) atoms.